The monoisotopic (exact) mass is 294 g/mol. The van der Waals surface area contributed by atoms with Crippen molar-refractivity contribution in [1.82, 2.24) is 0 Å². The first-order valence-corrected chi connectivity index (χ1v) is 7.42. The van der Waals surface area contributed by atoms with Gasteiger partial charge in [0.1, 0.15) is 6.10 Å². The average molecular weight is 294 g/mol. The highest BCUT2D eigenvalue weighted by Crippen LogP contribution is 2.25. The summed E-state index contributed by atoms with van der Waals surface area (Å²) < 4.78 is 5.24. The number of carbonyl (C=O) groups is 1. The molecule has 0 amide bonds. The maximum Gasteiger partial charge on any atom is 0.309 e. The fraction of sp³-hybridized carbons (Fsp3) is 0.211. The van der Waals surface area contributed by atoms with Crippen molar-refractivity contribution in [2.45, 2.75) is 25.0 Å². The van der Waals surface area contributed by atoms with Crippen molar-refractivity contribution < 1.29 is 14.6 Å². The van der Waals surface area contributed by atoms with Gasteiger partial charge in [0.15, 0.2) is 0 Å². The van der Waals surface area contributed by atoms with E-state index >= 15 is 0 Å². The summed E-state index contributed by atoms with van der Waals surface area (Å²) in [5.41, 5.74) is 3.33. The first kappa shape index (κ1) is 14.5. The molecular weight excluding hydrogens is 276 g/mol. The second-order valence-corrected chi connectivity index (χ2v) is 5.43. The van der Waals surface area contributed by atoms with Gasteiger partial charge >= 0.3 is 5.97 Å². The maximum atomic E-state index is 11.4. The topological polar surface area (TPSA) is 46.5 Å². The molecule has 1 heterocycles. The Labute approximate surface area is 129 Å². The average Bonchev–Trinajstić information content (AvgIpc) is 2.53. The summed E-state index contributed by atoms with van der Waals surface area (Å²) in [6.45, 7) is 0. The second kappa shape index (κ2) is 6.58. The van der Waals surface area contributed by atoms with Crippen LogP contribution in [-0.4, -0.2) is 23.3 Å². The van der Waals surface area contributed by atoms with Gasteiger partial charge in [-0.15, -0.1) is 0 Å². The fourth-order valence-corrected chi connectivity index (χ4v) is 2.66. The zero-order chi connectivity index (χ0) is 15.4. The van der Waals surface area contributed by atoms with Gasteiger partial charge in [-0.25, -0.2) is 0 Å². The van der Waals surface area contributed by atoms with Crippen molar-refractivity contribution in [3.8, 4) is 11.1 Å². The van der Waals surface area contributed by atoms with Crippen LogP contribution in [0.25, 0.3) is 17.2 Å². The van der Waals surface area contributed by atoms with E-state index in [0.29, 0.717) is 6.42 Å². The molecule has 2 aromatic carbocycles. The first-order valence-electron chi connectivity index (χ1n) is 7.42. The highest BCUT2D eigenvalue weighted by molar-refractivity contribution is 5.75. The molecule has 3 nitrogen and oxygen atoms in total. The van der Waals surface area contributed by atoms with Gasteiger partial charge in [0, 0.05) is 6.42 Å². The van der Waals surface area contributed by atoms with Crippen molar-refractivity contribution in [2.24, 2.45) is 0 Å². The zero-order valence-corrected chi connectivity index (χ0v) is 12.2. The van der Waals surface area contributed by atoms with Crippen LogP contribution >= 0.6 is 0 Å². The highest BCUT2D eigenvalue weighted by atomic mass is 16.5. The van der Waals surface area contributed by atoms with Gasteiger partial charge in [-0.3, -0.25) is 4.79 Å². The summed E-state index contributed by atoms with van der Waals surface area (Å²) in [5, 5.41) is 9.65. The van der Waals surface area contributed by atoms with E-state index in [1.165, 1.54) is 0 Å². The quantitative estimate of drug-likeness (QED) is 0.882. The lowest BCUT2D eigenvalue weighted by Gasteiger charge is -2.23. The zero-order valence-electron chi connectivity index (χ0n) is 12.2. The standard InChI is InChI=1S/C19H18O3/c20-16-12-17(22-19(21)13-16)11-10-15-8-4-5-9-18(15)14-6-2-1-3-7-14/h1-11,16-17,20H,12-13H2/b11-10+/t16-,17-/m1/s1. The number of aliphatic hydroxyl groups is 1. The number of carbonyl (C=O) groups excluding carboxylic acids is 1. The number of aliphatic hydroxyl groups excluding tert-OH is 1. The molecule has 0 aliphatic carbocycles. The molecule has 2 atom stereocenters. The molecule has 1 fully saturated rings. The van der Waals surface area contributed by atoms with Gasteiger partial charge in [-0.2, -0.15) is 0 Å². The Morgan fingerprint density at radius 1 is 1.05 bits per heavy atom. The molecule has 0 unspecified atom stereocenters. The van der Waals surface area contributed by atoms with Crippen LogP contribution in [0.5, 0.6) is 0 Å². The highest BCUT2D eigenvalue weighted by Gasteiger charge is 2.25. The summed E-state index contributed by atoms with van der Waals surface area (Å²) in [4.78, 5) is 11.4. The van der Waals surface area contributed by atoms with Crippen LogP contribution in [0, 0.1) is 0 Å². The molecule has 22 heavy (non-hydrogen) atoms. The molecule has 0 bridgehead atoms. The molecule has 1 aliphatic rings. The predicted octanol–water partition coefficient (Wildman–Crippen LogP) is 3.43. The van der Waals surface area contributed by atoms with Crippen LogP contribution in [0.15, 0.2) is 60.7 Å². The second-order valence-electron chi connectivity index (χ2n) is 5.43. The van der Waals surface area contributed by atoms with E-state index in [-0.39, 0.29) is 18.5 Å². The number of hydrogen-bond acceptors (Lipinski definition) is 3. The van der Waals surface area contributed by atoms with Gasteiger partial charge in [0.25, 0.3) is 0 Å². The van der Waals surface area contributed by atoms with Gasteiger partial charge < -0.3 is 9.84 Å². The lowest BCUT2D eigenvalue weighted by atomic mass is 9.98. The van der Waals surface area contributed by atoms with Gasteiger partial charge in [0.2, 0.25) is 0 Å². The van der Waals surface area contributed by atoms with Crippen LogP contribution in [0.2, 0.25) is 0 Å². The normalized spacial score (nSPS) is 21.8. The van der Waals surface area contributed by atoms with Crippen LogP contribution in [0.1, 0.15) is 18.4 Å². The third kappa shape index (κ3) is 3.43. The van der Waals surface area contributed by atoms with Gasteiger partial charge in [0.05, 0.1) is 12.5 Å². The lowest BCUT2D eigenvalue weighted by Crippen LogP contribution is -2.31. The van der Waals surface area contributed by atoms with Crippen LogP contribution in [0.4, 0.5) is 0 Å². The molecule has 1 N–H and O–H groups in total. The van der Waals surface area contributed by atoms with Crippen molar-refractivity contribution >= 4 is 12.0 Å². The molecule has 0 saturated carbocycles. The van der Waals surface area contributed by atoms with E-state index in [4.69, 9.17) is 4.74 Å². The van der Waals surface area contributed by atoms with Gasteiger partial charge in [-0.05, 0) is 22.8 Å². The number of rotatable bonds is 3. The smallest absolute Gasteiger partial charge is 0.309 e. The van der Waals surface area contributed by atoms with Crippen LogP contribution < -0.4 is 0 Å². The minimum atomic E-state index is -0.611. The number of benzene rings is 2. The Balaban J connectivity index is 1.84. The van der Waals surface area contributed by atoms with Crippen LogP contribution in [0.3, 0.4) is 0 Å². The molecule has 112 valence electrons. The number of ether oxygens (including phenoxy) is 1. The summed E-state index contributed by atoms with van der Waals surface area (Å²) in [7, 11) is 0. The van der Waals surface area contributed by atoms with E-state index < -0.39 is 6.10 Å². The van der Waals surface area contributed by atoms with E-state index in [1.54, 1.807) is 0 Å². The number of cyclic esters (lactones) is 1. The minimum Gasteiger partial charge on any atom is -0.458 e. The Bertz CT molecular complexity index is 676. The van der Waals surface area contributed by atoms with E-state index in [2.05, 4.69) is 18.2 Å². The minimum absolute atomic E-state index is 0.0882. The summed E-state index contributed by atoms with van der Waals surface area (Å²) in [6.07, 6.45) is 3.38. The maximum absolute atomic E-state index is 11.4. The Morgan fingerprint density at radius 3 is 2.55 bits per heavy atom. The Morgan fingerprint density at radius 2 is 1.77 bits per heavy atom. The number of esters is 1. The summed E-state index contributed by atoms with van der Waals surface area (Å²) in [5.74, 6) is -0.343. The lowest BCUT2D eigenvalue weighted by molar-refractivity contribution is -0.156. The summed E-state index contributed by atoms with van der Waals surface area (Å²) in [6, 6.07) is 18.2. The van der Waals surface area contributed by atoms with E-state index in [0.717, 1.165) is 16.7 Å². The molecule has 1 aliphatic heterocycles. The van der Waals surface area contributed by atoms with Crippen molar-refractivity contribution in [3.05, 3.63) is 66.2 Å². The molecule has 0 radical (unpaired) electrons. The van der Waals surface area contributed by atoms with Crippen molar-refractivity contribution in [3.63, 3.8) is 0 Å². The molecular formula is C19H18O3. The summed E-state index contributed by atoms with van der Waals surface area (Å²) >= 11 is 0. The fourth-order valence-electron chi connectivity index (χ4n) is 2.66. The van der Waals surface area contributed by atoms with Crippen LogP contribution in [-0.2, 0) is 9.53 Å². The molecule has 0 spiro atoms. The largest absolute Gasteiger partial charge is 0.458 e. The molecule has 0 aromatic heterocycles. The van der Waals surface area contributed by atoms with E-state index in [1.807, 2.05) is 48.6 Å². The molecule has 3 heteroatoms. The molecule has 3 rings (SSSR count). The third-order valence-corrected chi connectivity index (χ3v) is 3.73. The van der Waals surface area contributed by atoms with E-state index in [9.17, 15) is 9.90 Å². The van der Waals surface area contributed by atoms with Gasteiger partial charge in [-0.1, -0.05) is 60.7 Å². The molecule has 2 aromatic rings. The Hall–Kier alpha value is -2.39. The predicted molar refractivity (Wildman–Crippen MR) is 86.0 cm³/mol. The SMILES string of the molecule is O=C1C[C@H](O)C[C@@H](/C=C/c2ccccc2-c2ccccc2)O1. The Kier molecular flexibility index (Phi) is 4.35. The van der Waals surface area contributed by atoms with Crippen molar-refractivity contribution in [1.29, 1.82) is 0 Å². The number of hydrogen-bond donors (Lipinski definition) is 1. The first-order chi connectivity index (χ1) is 10.7. The third-order valence-electron chi connectivity index (χ3n) is 3.73. The van der Waals surface area contributed by atoms with Crippen molar-refractivity contribution in [2.75, 3.05) is 0 Å². The molecule has 1 saturated heterocycles.